The third-order valence-electron chi connectivity index (χ3n) is 4.74. The van der Waals surface area contributed by atoms with Gasteiger partial charge in [0, 0.05) is 24.8 Å². The number of esters is 1. The molecule has 0 saturated carbocycles. The van der Waals surface area contributed by atoms with Crippen LogP contribution < -0.4 is 0 Å². The molecular weight excluding hydrogens is 410 g/mol. The molecule has 1 aliphatic heterocycles. The number of benzene rings is 1. The number of ether oxygens (including phenoxy) is 2. The van der Waals surface area contributed by atoms with E-state index in [1.54, 1.807) is 6.92 Å². The van der Waals surface area contributed by atoms with Crippen LogP contribution in [-0.4, -0.2) is 55.0 Å². The lowest BCUT2D eigenvalue weighted by Gasteiger charge is -2.25. The van der Waals surface area contributed by atoms with E-state index in [0.29, 0.717) is 30.6 Å². The van der Waals surface area contributed by atoms with E-state index in [1.165, 1.54) is 16.6 Å². The van der Waals surface area contributed by atoms with Crippen LogP contribution in [0.2, 0.25) is 0 Å². The van der Waals surface area contributed by atoms with Gasteiger partial charge in [-0.05, 0) is 25.1 Å². The van der Waals surface area contributed by atoms with Crippen LogP contribution in [0.4, 0.5) is 0 Å². The van der Waals surface area contributed by atoms with Crippen LogP contribution in [0.1, 0.15) is 21.9 Å². The van der Waals surface area contributed by atoms with Crippen LogP contribution in [0.5, 0.6) is 0 Å². The van der Waals surface area contributed by atoms with Gasteiger partial charge in [-0.25, -0.2) is 18.2 Å². The average Bonchev–Trinajstić information content (AvgIpc) is 3.41. The summed E-state index contributed by atoms with van der Waals surface area (Å²) in [5.74, 6) is 0.309. The molecule has 0 unspecified atom stereocenters. The van der Waals surface area contributed by atoms with Gasteiger partial charge in [0.05, 0.1) is 13.2 Å². The summed E-state index contributed by atoms with van der Waals surface area (Å²) in [6, 6.07) is 10.7. The molecule has 0 amide bonds. The molecule has 0 bridgehead atoms. The molecule has 1 aliphatic rings. The Balaban J connectivity index is 1.42. The van der Waals surface area contributed by atoms with Crippen molar-refractivity contribution in [2.75, 3.05) is 26.3 Å². The Morgan fingerprint density at radius 2 is 1.97 bits per heavy atom. The molecule has 3 aromatic rings. The monoisotopic (exact) mass is 431 g/mol. The van der Waals surface area contributed by atoms with Crippen LogP contribution in [0.15, 0.2) is 51.9 Å². The largest absolute Gasteiger partial charge is 0.454 e. The highest BCUT2D eigenvalue weighted by Gasteiger charge is 2.28. The molecule has 1 saturated heterocycles. The van der Waals surface area contributed by atoms with Crippen LogP contribution in [-0.2, 0) is 26.1 Å². The van der Waals surface area contributed by atoms with Crippen molar-refractivity contribution in [1.82, 2.24) is 14.3 Å². The number of hydrogen-bond donors (Lipinski definition) is 1. The summed E-state index contributed by atoms with van der Waals surface area (Å²) in [6.07, 6.45) is 1.29. The van der Waals surface area contributed by atoms with E-state index in [0.717, 1.165) is 5.56 Å². The van der Waals surface area contributed by atoms with Crippen LogP contribution >= 0.6 is 0 Å². The van der Waals surface area contributed by atoms with Crippen molar-refractivity contribution in [1.29, 1.82) is 0 Å². The van der Waals surface area contributed by atoms with Crippen molar-refractivity contribution in [2.24, 2.45) is 0 Å². The van der Waals surface area contributed by atoms with Crippen molar-refractivity contribution in [3.63, 3.8) is 0 Å². The fourth-order valence-electron chi connectivity index (χ4n) is 3.06. The molecule has 0 spiro atoms. The van der Waals surface area contributed by atoms with Crippen molar-refractivity contribution in [3.05, 3.63) is 59.7 Å². The van der Waals surface area contributed by atoms with Crippen LogP contribution in [0.25, 0.3) is 11.5 Å². The number of aromatic amines is 1. The van der Waals surface area contributed by atoms with Crippen LogP contribution in [0.3, 0.4) is 0 Å². The second-order valence-electron chi connectivity index (χ2n) is 6.73. The van der Waals surface area contributed by atoms with Gasteiger partial charge < -0.3 is 18.9 Å². The molecule has 0 radical (unpaired) electrons. The highest BCUT2D eigenvalue weighted by atomic mass is 32.2. The minimum absolute atomic E-state index is 0.0142. The zero-order valence-electron chi connectivity index (χ0n) is 16.3. The Morgan fingerprint density at radius 3 is 2.70 bits per heavy atom. The molecule has 1 fully saturated rings. The zero-order chi connectivity index (χ0) is 21.1. The lowest BCUT2D eigenvalue weighted by molar-refractivity contribution is 0.0460. The van der Waals surface area contributed by atoms with Crippen molar-refractivity contribution < 1.29 is 27.1 Å². The van der Waals surface area contributed by atoms with Crippen molar-refractivity contribution >= 4 is 16.0 Å². The average molecular weight is 431 g/mol. The maximum Gasteiger partial charge on any atom is 0.355 e. The predicted molar refractivity (Wildman–Crippen MR) is 106 cm³/mol. The van der Waals surface area contributed by atoms with E-state index in [9.17, 15) is 13.2 Å². The number of sulfonamides is 1. The summed E-state index contributed by atoms with van der Waals surface area (Å²) in [6.45, 7) is 2.90. The molecule has 158 valence electrons. The van der Waals surface area contributed by atoms with E-state index >= 15 is 0 Å². The van der Waals surface area contributed by atoms with E-state index in [1.807, 2.05) is 30.3 Å². The zero-order valence-corrected chi connectivity index (χ0v) is 17.1. The number of hydrogen-bond acceptors (Lipinski definition) is 7. The Labute approximate surface area is 173 Å². The lowest BCUT2D eigenvalue weighted by atomic mass is 10.2. The number of morpholine rings is 1. The van der Waals surface area contributed by atoms with Gasteiger partial charge in [-0.15, -0.1) is 0 Å². The van der Waals surface area contributed by atoms with E-state index in [-0.39, 0.29) is 30.3 Å². The number of aromatic nitrogens is 2. The normalized spacial score (nSPS) is 15.2. The summed E-state index contributed by atoms with van der Waals surface area (Å²) >= 11 is 0. The Bertz CT molecular complexity index is 1130. The van der Waals surface area contributed by atoms with Gasteiger partial charge >= 0.3 is 5.97 Å². The summed E-state index contributed by atoms with van der Waals surface area (Å²) in [7, 11) is -3.69. The summed E-state index contributed by atoms with van der Waals surface area (Å²) in [5, 5.41) is 0. The number of nitrogens with zero attached hydrogens (tertiary/aromatic N) is 2. The number of oxazole rings is 1. The fourth-order valence-corrected chi connectivity index (χ4v) is 4.46. The molecule has 0 atom stereocenters. The molecule has 1 N–H and O–H groups in total. The standard InChI is InChI=1S/C20H21N3O6S/c1-14-18(22-19(29-14)15-5-3-2-4-6-15)13-28-20(24)17-11-16(12-21-17)30(25,26)23-7-9-27-10-8-23/h2-6,11-12,21H,7-10,13H2,1H3. The van der Waals surface area contributed by atoms with Gasteiger partial charge in [0.1, 0.15) is 28.7 Å². The number of H-pyrrole nitrogens is 1. The Kier molecular flexibility index (Phi) is 5.71. The number of carbonyl (C=O) groups is 1. The molecule has 3 heterocycles. The third kappa shape index (κ3) is 4.16. The molecule has 0 aliphatic carbocycles. The molecular formula is C20H21N3O6S. The SMILES string of the molecule is Cc1oc(-c2ccccc2)nc1COC(=O)c1cc(S(=O)(=O)N2CCOCC2)c[nH]1. The number of aryl methyl sites for hydroxylation is 1. The van der Waals surface area contributed by atoms with E-state index in [4.69, 9.17) is 13.9 Å². The second kappa shape index (κ2) is 8.42. The first-order valence-electron chi connectivity index (χ1n) is 9.40. The molecule has 4 rings (SSSR count). The smallest absolute Gasteiger partial charge is 0.355 e. The quantitative estimate of drug-likeness (QED) is 0.596. The molecule has 2 aromatic heterocycles. The van der Waals surface area contributed by atoms with Gasteiger partial charge in [0.25, 0.3) is 0 Å². The van der Waals surface area contributed by atoms with Gasteiger partial charge in [-0.3, -0.25) is 0 Å². The van der Waals surface area contributed by atoms with Gasteiger partial charge in [0.15, 0.2) is 0 Å². The predicted octanol–water partition coefficient (Wildman–Crippen LogP) is 2.36. The number of carbonyl (C=O) groups excluding carboxylic acids is 1. The maximum absolute atomic E-state index is 12.7. The first kappa shape index (κ1) is 20.3. The topological polar surface area (TPSA) is 115 Å². The summed E-state index contributed by atoms with van der Waals surface area (Å²) in [5.41, 5.74) is 1.36. The minimum atomic E-state index is -3.69. The fraction of sp³-hybridized carbons (Fsp3) is 0.300. The number of rotatable bonds is 6. The van der Waals surface area contributed by atoms with Crippen molar-refractivity contribution in [3.8, 4) is 11.5 Å². The van der Waals surface area contributed by atoms with Gasteiger partial charge in [-0.2, -0.15) is 4.31 Å². The van der Waals surface area contributed by atoms with Crippen molar-refractivity contribution in [2.45, 2.75) is 18.4 Å². The van der Waals surface area contributed by atoms with Crippen LogP contribution in [0, 0.1) is 6.92 Å². The van der Waals surface area contributed by atoms with Gasteiger partial charge in [0.2, 0.25) is 15.9 Å². The molecule has 30 heavy (non-hydrogen) atoms. The van der Waals surface area contributed by atoms with E-state index in [2.05, 4.69) is 9.97 Å². The Hall–Kier alpha value is -2.95. The first-order valence-corrected chi connectivity index (χ1v) is 10.8. The van der Waals surface area contributed by atoms with E-state index < -0.39 is 16.0 Å². The summed E-state index contributed by atoms with van der Waals surface area (Å²) in [4.78, 5) is 19.5. The molecule has 10 heteroatoms. The highest BCUT2D eigenvalue weighted by molar-refractivity contribution is 7.89. The second-order valence-corrected chi connectivity index (χ2v) is 8.67. The Morgan fingerprint density at radius 1 is 1.23 bits per heavy atom. The first-order chi connectivity index (χ1) is 14.4. The maximum atomic E-state index is 12.7. The molecule has 1 aromatic carbocycles. The minimum Gasteiger partial charge on any atom is -0.454 e. The molecule has 9 nitrogen and oxygen atoms in total. The van der Waals surface area contributed by atoms with Gasteiger partial charge in [-0.1, -0.05) is 18.2 Å². The summed E-state index contributed by atoms with van der Waals surface area (Å²) < 4.78 is 42.8. The highest BCUT2D eigenvalue weighted by Crippen LogP contribution is 2.22. The third-order valence-corrected chi connectivity index (χ3v) is 6.61. The number of nitrogens with one attached hydrogen (secondary N) is 1. The lowest BCUT2D eigenvalue weighted by Crippen LogP contribution is -2.40.